The molecule has 206 valence electrons. The van der Waals surface area contributed by atoms with E-state index < -0.39 is 60.2 Å². The predicted octanol–water partition coefficient (Wildman–Crippen LogP) is -0.418. The third-order valence-corrected chi connectivity index (χ3v) is 5.81. The van der Waals surface area contributed by atoms with Gasteiger partial charge in [0.1, 0.15) is 18.1 Å². The molecule has 0 spiro atoms. The van der Waals surface area contributed by atoms with Crippen molar-refractivity contribution in [2.45, 2.75) is 63.7 Å². The summed E-state index contributed by atoms with van der Waals surface area (Å²) in [7, 11) is 0. The fourth-order valence-electron chi connectivity index (χ4n) is 3.53. The number of H-pyrrole nitrogens is 1. The lowest BCUT2D eigenvalue weighted by Gasteiger charge is -2.25. The fourth-order valence-corrected chi connectivity index (χ4v) is 3.53. The quantitative estimate of drug-likeness (QED) is 0.159. The maximum Gasteiger partial charge on any atom is 0.326 e. The Balaban J connectivity index is 2.21. The third-order valence-electron chi connectivity index (χ3n) is 5.81. The molecule has 1 aromatic carbocycles. The SMILES string of the molecule is CC(C)C(N)C(=O)NC(Cc1cnc[nH]1)C(=O)NC(CCC(=O)O)C(=O)NC(Cc1ccccc1)C(=O)O. The van der Waals surface area contributed by atoms with E-state index in [4.69, 9.17) is 10.8 Å². The maximum atomic E-state index is 13.2. The number of aromatic amines is 1. The normalized spacial score (nSPS) is 14.1. The molecule has 3 amide bonds. The van der Waals surface area contributed by atoms with E-state index in [0.717, 1.165) is 0 Å². The minimum atomic E-state index is -1.38. The molecule has 0 saturated carbocycles. The zero-order valence-electron chi connectivity index (χ0n) is 21.2. The van der Waals surface area contributed by atoms with Crippen molar-refractivity contribution in [3.63, 3.8) is 0 Å². The summed E-state index contributed by atoms with van der Waals surface area (Å²) in [5, 5.41) is 26.2. The second-order valence-electron chi connectivity index (χ2n) is 9.19. The first-order valence-electron chi connectivity index (χ1n) is 12.1. The van der Waals surface area contributed by atoms with E-state index in [0.29, 0.717) is 11.3 Å². The summed E-state index contributed by atoms with van der Waals surface area (Å²) >= 11 is 0. The summed E-state index contributed by atoms with van der Waals surface area (Å²) in [6, 6.07) is 3.86. The molecule has 0 fully saturated rings. The second-order valence-corrected chi connectivity index (χ2v) is 9.19. The largest absolute Gasteiger partial charge is 0.481 e. The number of aromatic nitrogens is 2. The van der Waals surface area contributed by atoms with Gasteiger partial charge in [-0.3, -0.25) is 19.2 Å². The summed E-state index contributed by atoms with van der Waals surface area (Å²) in [5.41, 5.74) is 7.09. The van der Waals surface area contributed by atoms with Crippen LogP contribution in [0.2, 0.25) is 0 Å². The first-order chi connectivity index (χ1) is 18.0. The Morgan fingerprint density at radius 1 is 0.895 bits per heavy atom. The molecule has 38 heavy (non-hydrogen) atoms. The third kappa shape index (κ3) is 9.65. The minimum Gasteiger partial charge on any atom is -0.481 e. The van der Waals surface area contributed by atoms with Crippen LogP contribution in [0.4, 0.5) is 0 Å². The number of carboxylic acids is 2. The highest BCUT2D eigenvalue weighted by molar-refractivity contribution is 5.94. The highest BCUT2D eigenvalue weighted by atomic mass is 16.4. The van der Waals surface area contributed by atoms with E-state index in [1.165, 1.54) is 12.5 Å². The van der Waals surface area contributed by atoms with Gasteiger partial charge in [-0.1, -0.05) is 44.2 Å². The van der Waals surface area contributed by atoms with Crippen LogP contribution in [0.15, 0.2) is 42.9 Å². The van der Waals surface area contributed by atoms with Crippen molar-refractivity contribution in [2.75, 3.05) is 0 Å². The molecule has 8 N–H and O–H groups in total. The van der Waals surface area contributed by atoms with E-state index in [1.807, 2.05) is 0 Å². The van der Waals surface area contributed by atoms with Crippen molar-refractivity contribution in [3.8, 4) is 0 Å². The van der Waals surface area contributed by atoms with Crippen molar-refractivity contribution in [1.82, 2.24) is 25.9 Å². The van der Waals surface area contributed by atoms with Crippen LogP contribution in [0.5, 0.6) is 0 Å². The van der Waals surface area contributed by atoms with Gasteiger partial charge in [-0.25, -0.2) is 9.78 Å². The number of benzene rings is 1. The van der Waals surface area contributed by atoms with Crippen LogP contribution < -0.4 is 21.7 Å². The Morgan fingerprint density at radius 2 is 1.50 bits per heavy atom. The summed E-state index contributed by atoms with van der Waals surface area (Å²) in [4.78, 5) is 68.6. The van der Waals surface area contributed by atoms with E-state index in [9.17, 15) is 29.1 Å². The van der Waals surface area contributed by atoms with Crippen molar-refractivity contribution >= 4 is 29.7 Å². The molecule has 0 radical (unpaired) electrons. The number of hydrogen-bond acceptors (Lipinski definition) is 7. The Hall–Kier alpha value is -4.26. The standard InChI is InChI=1S/C25H34N6O7/c1-14(2)21(26)24(36)30-18(11-16-12-27-13-28-16)23(35)29-17(8-9-20(32)33)22(34)31-19(25(37)38)10-15-6-4-3-5-7-15/h3-7,12-14,17-19,21H,8-11,26H2,1-2H3,(H,27,28)(H,29,35)(H,30,36)(H,31,34)(H,32,33)(H,37,38). The van der Waals surface area contributed by atoms with E-state index in [1.54, 1.807) is 44.2 Å². The van der Waals surface area contributed by atoms with Gasteiger partial charge in [-0.15, -0.1) is 0 Å². The number of carbonyl (C=O) groups excluding carboxylic acids is 3. The van der Waals surface area contributed by atoms with Crippen molar-refractivity contribution in [1.29, 1.82) is 0 Å². The number of imidazole rings is 1. The molecule has 13 heteroatoms. The molecule has 0 aliphatic rings. The fraction of sp³-hybridized carbons (Fsp3) is 0.440. The first kappa shape index (κ1) is 30.0. The van der Waals surface area contributed by atoms with Crippen molar-refractivity contribution in [3.05, 3.63) is 54.1 Å². The molecule has 2 aromatic rings. The van der Waals surface area contributed by atoms with Crippen LogP contribution in [-0.2, 0) is 36.8 Å². The zero-order chi connectivity index (χ0) is 28.2. The van der Waals surface area contributed by atoms with Gasteiger partial charge in [0.15, 0.2) is 0 Å². The average Bonchev–Trinajstić information content (AvgIpc) is 3.38. The van der Waals surface area contributed by atoms with E-state index in [2.05, 4.69) is 25.9 Å². The van der Waals surface area contributed by atoms with Crippen LogP contribution in [0, 0.1) is 5.92 Å². The average molecular weight is 531 g/mol. The first-order valence-corrected chi connectivity index (χ1v) is 12.1. The van der Waals surface area contributed by atoms with Crippen molar-refractivity contribution < 1.29 is 34.2 Å². The molecule has 2 rings (SSSR count). The molecule has 1 aromatic heterocycles. The zero-order valence-corrected chi connectivity index (χ0v) is 21.2. The van der Waals surface area contributed by atoms with Crippen LogP contribution in [-0.4, -0.2) is 74.0 Å². The van der Waals surface area contributed by atoms with Gasteiger partial charge in [-0.2, -0.15) is 0 Å². The van der Waals surface area contributed by atoms with E-state index in [-0.39, 0.29) is 25.2 Å². The van der Waals surface area contributed by atoms with Gasteiger partial charge in [0.2, 0.25) is 17.7 Å². The second kappa shape index (κ2) is 14.5. The van der Waals surface area contributed by atoms with Crippen molar-refractivity contribution in [2.24, 2.45) is 11.7 Å². The molecule has 4 unspecified atom stereocenters. The Kier molecular flexibility index (Phi) is 11.4. The number of rotatable bonds is 15. The van der Waals surface area contributed by atoms with Gasteiger partial charge < -0.3 is 36.9 Å². The maximum absolute atomic E-state index is 13.2. The Bertz CT molecular complexity index is 1090. The van der Waals surface area contributed by atoms with Crippen LogP contribution in [0.25, 0.3) is 0 Å². The monoisotopic (exact) mass is 530 g/mol. The Morgan fingerprint density at radius 3 is 2.05 bits per heavy atom. The number of nitrogens with one attached hydrogen (secondary N) is 4. The molecule has 4 atom stereocenters. The molecular formula is C25H34N6O7. The summed E-state index contributed by atoms with van der Waals surface area (Å²) in [6.07, 6.45) is 2.05. The topological polar surface area (TPSA) is 217 Å². The minimum absolute atomic E-state index is 0.0125. The number of nitrogens with two attached hydrogens (primary N) is 1. The molecule has 1 heterocycles. The summed E-state index contributed by atoms with van der Waals surface area (Å²) < 4.78 is 0. The van der Waals surface area contributed by atoms with E-state index >= 15 is 0 Å². The predicted molar refractivity (Wildman–Crippen MR) is 136 cm³/mol. The van der Waals surface area contributed by atoms with Gasteiger partial charge in [0, 0.05) is 31.2 Å². The molecule has 0 aliphatic carbocycles. The highest BCUT2D eigenvalue weighted by Crippen LogP contribution is 2.08. The van der Waals surface area contributed by atoms with Crippen LogP contribution in [0.3, 0.4) is 0 Å². The molecular weight excluding hydrogens is 496 g/mol. The molecule has 0 saturated heterocycles. The number of amides is 3. The summed E-state index contributed by atoms with van der Waals surface area (Å²) in [6.45, 7) is 3.49. The molecule has 0 aliphatic heterocycles. The van der Waals surface area contributed by atoms with Gasteiger partial charge in [0.05, 0.1) is 12.4 Å². The van der Waals surface area contributed by atoms with Gasteiger partial charge in [0.25, 0.3) is 0 Å². The number of aliphatic carboxylic acids is 2. The smallest absolute Gasteiger partial charge is 0.326 e. The van der Waals surface area contributed by atoms with Gasteiger partial charge in [-0.05, 0) is 17.9 Å². The van der Waals surface area contributed by atoms with Crippen LogP contribution >= 0.6 is 0 Å². The number of carboxylic acid groups (broad SMARTS) is 2. The number of carbonyl (C=O) groups is 5. The lowest BCUT2D eigenvalue weighted by Crippen LogP contribution is -2.58. The lowest BCUT2D eigenvalue weighted by atomic mass is 10.0. The van der Waals surface area contributed by atoms with Crippen LogP contribution in [0.1, 0.15) is 37.9 Å². The molecule has 13 nitrogen and oxygen atoms in total. The number of nitrogens with zero attached hydrogens (tertiary/aromatic N) is 1. The molecule has 0 bridgehead atoms. The summed E-state index contributed by atoms with van der Waals surface area (Å²) in [5.74, 6) is -4.94. The highest BCUT2D eigenvalue weighted by Gasteiger charge is 2.31. The lowest BCUT2D eigenvalue weighted by molar-refractivity contribution is -0.143. The Labute approximate surface area is 219 Å². The van der Waals surface area contributed by atoms with Gasteiger partial charge >= 0.3 is 11.9 Å². The number of hydrogen-bond donors (Lipinski definition) is 7.